The third-order valence-electron chi connectivity index (χ3n) is 5.15. The SMILES string of the molecule is OCc1cc(C(O)CCCCCCCCOCC(F)(F)c2ccccc2)ccc1O. The van der Waals surface area contributed by atoms with Crippen LogP contribution in [0.2, 0.25) is 0 Å². The molecule has 0 saturated carbocycles. The summed E-state index contributed by atoms with van der Waals surface area (Å²) in [5.74, 6) is -2.93. The van der Waals surface area contributed by atoms with Crippen molar-refractivity contribution >= 4 is 0 Å². The van der Waals surface area contributed by atoms with E-state index in [4.69, 9.17) is 4.74 Å². The van der Waals surface area contributed by atoms with E-state index in [1.54, 1.807) is 30.3 Å². The molecule has 166 valence electrons. The molecule has 3 N–H and O–H groups in total. The second-order valence-electron chi connectivity index (χ2n) is 7.60. The fourth-order valence-electron chi connectivity index (χ4n) is 3.32. The number of aliphatic hydroxyl groups is 2. The standard InChI is InChI=1S/C24H32F2O4/c25-24(26,21-10-6-5-7-11-21)18-30-15-9-4-2-1-3-8-12-22(28)19-13-14-23(29)20(16-19)17-27/h5-7,10-11,13-14,16,22,27-29H,1-4,8-9,12,15,17-18H2. The Hall–Kier alpha value is -2.02. The minimum absolute atomic E-state index is 0.0212. The van der Waals surface area contributed by atoms with E-state index in [-0.39, 0.29) is 17.9 Å². The normalized spacial score (nSPS) is 12.8. The lowest BCUT2D eigenvalue weighted by molar-refractivity contribution is -0.0831. The Balaban J connectivity index is 1.50. The molecule has 2 rings (SSSR count). The van der Waals surface area contributed by atoms with E-state index in [0.717, 1.165) is 38.5 Å². The number of unbranched alkanes of at least 4 members (excludes halogenated alkanes) is 5. The fourth-order valence-corrected chi connectivity index (χ4v) is 3.32. The van der Waals surface area contributed by atoms with Gasteiger partial charge in [-0.15, -0.1) is 0 Å². The quantitative estimate of drug-likeness (QED) is 0.354. The van der Waals surface area contributed by atoms with Crippen LogP contribution in [0.5, 0.6) is 5.75 Å². The van der Waals surface area contributed by atoms with Crippen LogP contribution in [0, 0.1) is 0 Å². The van der Waals surface area contributed by atoms with E-state index < -0.39 is 18.6 Å². The zero-order valence-electron chi connectivity index (χ0n) is 17.3. The lowest BCUT2D eigenvalue weighted by atomic mass is 10.00. The Morgan fingerprint density at radius 2 is 1.57 bits per heavy atom. The lowest BCUT2D eigenvalue weighted by Crippen LogP contribution is -2.21. The molecule has 0 aromatic heterocycles. The highest BCUT2D eigenvalue weighted by molar-refractivity contribution is 5.36. The summed E-state index contributed by atoms with van der Waals surface area (Å²) in [4.78, 5) is 0. The van der Waals surface area contributed by atoms with Gasteiger partial charge in [0.25, 0.3) is 5.92 Å². The third-order valence-corrected chi connectivity index (χ3v) is 5.15. The first-order chi connectivity index (χ1) is 14.4. The van der Waals surface area contributed by atoms with Gasteiger partial charge in [-0.1, -0.05) is 68.5 Å². The summed E-state index contributed by atoms with van der Waals surface area (Å²) in [5, 5.41) is 29.0. The molecule has 0 bridgehead atoms. The highest BCUT2D eigenvalue weighted by Crippen LogP contribution is 2.28. The van der Waals surface area contributed by atoms with Gasteiger partial charge in [-0.05, 0) is 30.5 Å². The van der Waals surface area contributed by atoms with Crippen LogP contribution in [0.15, 0.2) is 48.5 Å². The van der Waals surface area contributed by atoms with Crippen molar-refractivity contribution in [2.75, 3.05) is 13.2 Å². The van der Waals surface area contributed by atoms with Gasteiger partial charge in [0.05, 0.1) is 12.7 Å². The summed E-state index contributed by atoms with van der Waals surface area (Å²) in [5.41, 5.74) is 1.09. The summed E-state index contributed by atoms with van der Waals surface area (Å²) in [6.45, 7) is -0.528. The number of rotatable bonds is 14. The van der Waals surface area contributed by atoms with Gasteiger partial charge in [-0.2, -0.15) is 8.78 Å². The summed E-state index contributed by atoms with van der Waals surface area (Å²) >= 11 is 0. The molecule has 6 heteroatoms. The van der Waals surface area contributed by atoms with Gasteiger partial charge in [-0.25, -0.2) is 0 Å². The van der Waals surface area contributed by atoms with E-state index >= 15 is 0 Å². The number of hydrogen-bond donors (Lipinski definition) is 3. The van der Waals surface area contributed by atoms with E-state index in [2.05, 4.69) is 0 Å². The van der Waals surface area contributed by atoms with Crippen molar-refractivity contribution in [3.8, 4) is 5.75 Å². The fraction of sp³-hybridized carbons (Fsp3) is 0.500. The first-order valence-electron chi connectivity index (χ1n) is 10.6. The minimum atomic E-state index is -2.96. The van der Waals surface area contributed by atoms with E-state index in [1.807, 2.05) is 0 Å². The predicted molar refractivity (Wildman–Crippen MR) is 112 cm³/mol. The number of benzene rings is 2. The molecule has 2 aromatic rings. The molecule has 0 fully saturated rings. The van der Waals surface area contributed by atoms with Gasteiger partial charge in [0.2, 0.25) is 0 Å². The summed E-state index contributed by atoms with van der Waals surface area (Å²) in [6, 6.07) is 12.5. The highest BCUT2D eigenvalue weighted by atomic mass is 19.3. The second-order valence-corrected chi connectivity index (χ2v) is 7.60. The van der Waals surface area contributed by atoms with Gasteiger partial charge in [0.1, 0.15) is 12.4 Å². The molecule has 1 atom stereocenters. The Bertz CT molecular complexity index is 737. The zero-order chi connectivity index (χ0) is 21.8. The van der Waals surface area contributed by atoms with E-state index in [9.17, 15) is 24.1 Å². The monoisotopic (exact) mass is 422 g/mol. The number of phenols is 1. The maximum absolute atomic E-state index is 14.0. The Labute approximate surface area is 177 Å². The number of hydrogen-bond acceptors (Lipinski definition) is 4. The molecular formula is C24H32F2O4. The van der Waals surface area contributed by atoms with Gasteiger partial charge in [0.15, 0.2) is 0 Å². The van der Waals surface area contributed by atoms with Gasteiger partial charge in [0, 0.05) is 17.7 Å². The van der Waals surface area contributed by atoms with Crippen LogP contribution in [0.25, 0.3) is 0 Å². The van der Waals surface area contributed by atoms with Crippen molar-refractivity contribution in [2.24, 2.45) is 0 Å². The van der Waals surface area contributed by atoms with Gasteiger partial charge < -0.3 is 20.1 Å². The minimum Gasteiger partial charge on any atom is -0.508 e. The largest absolute Gasteiger partial charge is 0.508 e. The Morgan fingerprint density at radius 3 is 2.27 bits per heavy atom. The molecular weight excluding hydrogens is 390 g/mol. The predicted octanol–water partition coefficient (Wildman–Crippen LogP) is 5.46. The number of aromatic hydroxyl groups is 1. The highest BCUT2D eigenvalue weighted by Gasteiger charge is 2.31. The molecule has 0 heterocycles. The van der Waals surface area contributed by atoms with Gasteiger partial charge >= 0.3 is 0 Å². The summed E-state index contributed by atoms with van der Waals surface area (Å²) < 4.78 is 33.1. The molecule has 0 radical (unpaired) electrons. The van der Waals surface area contributed by atoms with Crippen molar-refractivity contribution < 1.29 is 28.8 Å². The Kier molecular flexibility index (Phi) is 10.2. The van der Waals surface area contributed by atoms with Crippen LogP contribution in [0.1, 0.15) is 67.7 Å². The van der Waals surface area contributed by atoms with Crippen molar-refractivity contribution in [3.05, 3.63) is 65.2 Å². The number of halogens is 2. The molecule has 1 unspecified atom stereocenters. The topological polar surface area (TPSA) is 69.9 Å². The molecule has 2 aromatic carbocycles. The molecule has 0 amide bonds. The van der Waals surface area contributed by atoms with E-state index in [1.165, 1.54) is 18.2 Å². The van der Waals surface area contributed by atoms with Crippen molar-refractivity contribution in [1.82, 2.24) is 0 Å². The van der Waals surface area contributed by atoms with Crippen molar-refractivity contribution in [1.29, 1.82) is 0 Å². The third kappa shape index (κ3) is 8.01. The molecule has 0 saturated heterocycles. The second kappa shape index (κ2) is 12.6. The van der Waals surface area contributed by atoms with E-state index in [0.29, 0.717) is 24.2 Å². The average Bonchev–Trinajstić information content (AvgIpc) is 2.75. The van der Waals surface area contributed by atoms with Crippen LogP contribution in [0.3, 0.4) is 0 Å². The first kappa shape index (κ1) is 24.3. The zero-order valence-corrected chi connectivity index (χ0v) is 17.3. The molecule has 0 aliphatic carbocycles. The molecule has 4 nitrogen and oxygen atoms in total. The van der Waals surface area contributed by atoms with Crippen LogP contribution in [0.4, 0.5) is 8.78 Å². The smallest absolute Gasteiger partial charge is 0.296 e. The lowest BCUT2D eigenvalue weighted by Gasteiger charge is -2.16. The summed E-state index contributed by atoms with van der Waals surface area (Å²) in [6.07, 6.45) is 5.56. The number of aliphatic hydroxyl groups excluding tert-OH is 2. The van der Waals surface area contributed by atoms with Crippen LogP contribution < -0.4 is 0 Å². The first-order valence-corrected chi connectivity index (χ1v) is 10.6. The number of ether oxygens (including phenoxy) is 1. The summed E-state index contributed by atoms with van der Waals surface area (Å²) in [7, 11) is 0. The maximum atomic E-state index is 14.0. The Morgan fingerprint density at radius 1 is 0.900 bits per heavy atom. The molecule has 0 aliphatic rings. The van der Waals surface area contributed by atoms with Crippen molar-refractivity contribution in [3.63, 3.8) is 0 Å². The van der Waals surface area contributed by atoms with Crippen LogP contribution in [-0.4, -0.2) is 28.5 Å². The molecule has 0 spiro atoms. The average molecular weight is 423 g/mol. The molecule has 0 aliphatic heterocycles. The van der Waals surface area contributed by atoms with Crippen LogP contribution in [-0.2, 0) is 17.3 Å². The van der Waals surface area contributed by atoms with Crippen molar-refractivity contribution in [2.45, 2.75) is 63.6 Å². The maximum Gasteiger partial charge on any atom is 0.296 e. The number of alkyl halides is 2. The molecule has 30 heavy (non-hydrogen) atoms. The van der Waals surface area contributed by atoms with Gasteiger partial charge in [-0.3, -0.25) is 0 Å². The van der Waals surface area contributed by atoms with Crippen LogP contribution >= 0.6 is 0 Å².